The van der Waals surface area contributed by atoms with Crippen molar-refractivity contribution in [3.05, 3.63) is 18.3 Å². The van der Waals surface area contributed by atoms with Crippen molar-refractivity contribution in [1.82, 2.24) is 9.29 Å². The number of hydrazine groups is 1. The van der Waals surface area contributed by atoms with Crippen LogP contribution in [0.5, 0.6) is 0 Å². The highest BCUT2D eigenvalue weighted by Crippen LogP contribution is 2.26. The molecule has 0 bridgehead atoms. The van der Waals surface area contributed by atoms with E-state index >= 15 is 0 Å². The van der Waals surface area contributed by atoms with Crippen molar-refractivity contribution in [2.24, 2.45) is 11.8 Å². The molecule has 0 aromatic carbocycles. The average Bonchev–Trinajstić information content (AvgIpc) is 2.47. The number of piperidine rings is 1. The van der Waals surface area contributed by atoms with Crippen molar-refractivity contribution in [2.75, 3.05) is 25.1 Å². The Morgan fingerprint density at radius 2 is 2.16 bits per heavy atom. The second kappa shape index (κ2) is 5.83. The first kappa shape index (κ1) is 14.2. The lowest BCUT2D eigenvalue weighted by molar-refractivity contribution is 0.170. The number of nitrogens with two attached hydrogens (primary N) is 1. The van der Waals surface area contributed by atoms with Crippen molar-refractivity contribution in [2.45, 2.75) is 17.7 Å². The Labute approximate surface area is 112 Å². The van der Waals surface area contributed by atoms with E-state index in [0.29, 0.717) is 25.9 Å². The van der Waals surface area contributed by atoms with Gasteiger partial charge in [-0.1, -0.05) is 0 Å². The molecule has 19 heavy (non-hydrogen) atoms. The minimum atomic E-state index is -3.59. The Morgan fingerprint density at radius 1 is 1.47 bits per heavy atom. The largest absolute Gasteiger partial charge is 0.396 e. The molecule has 1 saturated heterocycles. The fraction of sp³-hybridized carbons (Fsp3) is 0.545. The van der Waals surface area contributed by atoms with Gasteiger partial charge in [-0.2, -0.15) is 4.31 Å². The molecule has 1 aliphatic heterocycles. The number of aromatic nitrogens is 1. The minimum absolute atomic E-state index is 0.0833. The molecule has 2 heterocycles. The van der Waals surface area contributed by atoms with Crippen LogP contribution in [0, 0.1) is 5.92 Å². The van der Waals surface area contributed by atoms with Crippen LogP contribution in [0.15, 0.2) is 23.2 Å². The number of aliphatic hydroxyl groups is 1. The zero-order chi connectivity index (χ0) is 13.9. The van der Waals surface area contributed by atoms with Gasteiger partial charge in [0.1, 0.15) is 4.90 Å². The Bertz CT molecular complexity index is 526. The number of anilines is 1. The summed E-state index contributed by atoms with van der Waals surface area (Å²) < 4.78 is 26.4. The van der Waals surface area contributed by atoms with Gasteiger partial charge in [0.2, 0.25) is 10.0 Å². The van der Waals surface area contributed by atoms with Crippen LogP contribution in [0.4, 0.5) is 5.82 Å². The van der Waals surface area contributed by atoms with E-state index in [9.17, 15) is 8.42 Å². The Balaban J connectivity index is 2.23. The number of sulfonamides is 1. The maximum absolute atomic E-state index is 12.5. The molecule has 0 aliphatic carbocycles. The highest BCUT2D eigenvalue weighted by Gasteiger charge is 2.31. The second-order valence-corrected chi connectivity index (χ2v) is 6.43. The Kier molecular flexibility index (Phi) is 4.35. The summed E-state index contributed by atoms with van der Waals surface area (Å²) in [6.45, 7) is 0.926. The molecule has 4 N–H and O–H groups in total. The number of aliphatic hydroxyl groups excluding tert-OH is 1. The molecular weight excluding hydrogens is 268 g/mol. The molecule has 0 radical (unpaired) electrons. The van der Waals surface area contributed by atoms with Gasteiger partial charge in [0.15, 0.2) is 5.82 Å². The maximum Gasteiger partial charge on any atom is 0.246 e. The molecule has 7 nitrogen and oxygen atoms in total. The molecule has 0 saturated carbocycles. The molecule has 1 aromatic heterocycles. The summed E-state index contributed by atoms with van der Waals surface area (Å²) in [7, 11) is -3.59. The number of nitrogen functional groups attached to an aromatic ring is 1. The normalized spacial score (nSPS) is 18.4. The van der Waals surface area contributed by atoms with Crippen molar-refractivity contribution in [1.29, 1.82) is 0 Å². The fourth-order valence-electron chi connectivity index (χ4n) is 2.18. The number of hydrogen-bond acceptors (Lipinski definition) is 6. The van der Waals surface area contributed by atoms with Gasteiger partial charge in [0, 0.05) is 25.9 Å². The van der Waals surface area contributed by atoms with Gasteiger partial charge in [0.05, 0.1) is 0 Å². The lowest BCUT2D eigenvalue weighted by atomic mass is 10.00. The zero-order valence-electron chi connectivity index (χ0n) is 10.5. The quantitative estimate of drug-likeness (QED) is 0.521. The second-order valence-electron chi connectivity index (χ2n) is 4.52. The van der Waals surface area contributed by atoms with E-state index in [0.717, 1.165) is 0 Å². The van der Waals surface area contributed by atoms with Crippen LogP contribution in [0.1, 0.15) is 12.8 Å². The Hall–Kier alpha value is -1.22. The first-order valence-electron chi connectivity index (χ1n) is 6.12. The van der Waals surface area contributed by atoms with Gasteiger partial charge in [-0.3, -0.25) is 0 Å². The molecule has 1 aliphatic rings. The topological polar surface area (TPSA) is 109 Å². The molecule has 1 aromatic rings. The first-order chi connectivity index (χ1) is 9.09. The smallest absolute Gasteiger partial charge is 0.246 e. The standard InChI is InChI=1S/C11H18N4O3S/c12-14-11-10(2-1-5-13-11)19(17,18)15-6-3-9(8-16)4-7-15/h1-2,5,9,16H,3-4,6-8,12H2,(H,13,14). The van der Waals surface area contributed by atoms with Gasteiger partial charge in [-0.05, 0) is 30.9 Å². The predicted molar refractivity (Wildman–Crippen MR) is 70.6 cm³/mol. The summed E-state index contributed by atoms with van der Waals surface area (Å²) in [5.41, 5.74) is 2.30. The van der Waals surface area contributed by atoms with Crippen LogP contribution in [0.25, 0.3) is 0 Å². The van der Waals surface area contributed by atoms with Crippen LogP contribution in [0.2, 0.25) is 0 Å². The van der Waals surface area contributed by atoms with E-state index in [1.54, 1.807) is 6.07 Å². The Morgan fingerprint density at radius 3 is 2.74 bits per heavy atom. The van der Waals surface area contributed by atoms with Crippen LogP contribution >= 0.6 is 0 Å². The maximum atomic E-state index is 12.5. The van der Waals surface area contributed by atoms with Gasteiger partial charge < -0.3 is 10.5 Å². The predicted octanol–water partition coefficient (Wildman–Crippen LogP) is -0.240. The van der Waals surface area contributed by atoms with Crippen molar-refractivity contribution in [3.63, 3.8) is 0 Å². The number of nitrogens with zero attached hydrogens (tertiary/aromatic N) is 2. The fourth-order valence-corrected chi connectivity index (χ4v) is 3.75. The van der Waals surface area contributed by atoms with Gasteiger partial charge in [-0.25, -0.2) is 19.2 Å². The molecule has 1 fully saturated rings. The number of rotatable bonds is 4. The summed E-state index contributed by atoms with van der Waals surface area (Å²) in [5.74, 6) is 5.62. The summed E-state index contributed by atoms with van der Waals surface area (Å²) in [6, 6.07) is 3.05. The molecule has 2 rings (SSSR count). The molecular formula is C11H18N4O3S. The summed E-state index contributed by atoms with van der Waals surface area (Å²) >= 11 is 0. The third-order valence-electron chi connectivity index (χ3n) is 3.36. The molecule has 0 amide bonds. The van der Waals surface area contributed by atoms with Crippen LogP contribution < -0.4 is 11.3 Å². The van der Waals surface area contributed by atoms with E-state index in [2.05, 4.69) is 10.4 Å². The summed E-state index contributed by atoms with van der Waals surface area (Å²) in [5, 5.41) is 9.07. The molecule has 0 unspecified atom stereocenters. The molecule has 0 spiro atoms. The van der Waals surface area contributed by atoms with Crippen LogP contribution in [-0.2, 0) is 10.0 Å². The highest BCUT2D eigenvalue weighted by molar-refractivity contribution is 7.89. The molecule has 8 heteroatoms. The van der Waals surface area contributed by atoms with Crippen molar-refractivity contribution in [3.8, 4) is 0 Å². The summed E-state index contributed by atoms with van der Waals surface area (Å²) in [4.78, 5) is 3.99. The van der Waals surface area contributed by atoms with E-state index in [-0.39, 0.29) is 23.2 Å². The van der Waals surface area contributed by atoms with Crippen LogP contribution in [0.3, 0.4) is 0 Å². The van der Waals surface area contributed by atoms with E-state index in [1.807, 2.05) is 0 Å². The van der Waals surface area contributed by atoms with E-state index in [1.165, 1.54) is 16.6 Å². The number of pyridine rings is 1. The number of nitrogens with one attached hydrogen (secondary N) is 1. The third kappa shape index (κ3) is 2.86. The minimum Gasteiger partial charge on any atom is -0.396 e. The monoisotopic (exact) mass is 286 g/mol. The van der Waals surface area contributed by atoms with Gasteiger partial charge in [0.25, 0.3) is 0 Å². The van der Waals surface area contributed by atoms with Crippen molar-refractivity contribution >= 4 is 15.8 Å². The van der Waals surface area contributed by atoms with Gasteiger partial charge >= 0.3 is 0 Å². The molecule has 106 valence electrons. The lowest BCUT2D eigenvalue weighted by Gasteiger charge is -2.30. The van der Waals surface area contributed by atoms with E-state index < -0.39 is 10.0 Å². The zero-order valence-corrected chi connectivity index (χ0v) is 11.3. The first-order valence-corrected chi connectivity index (χ1v) is 7.56. The van der Waals surface area contributed by atoms with Crippen LogP contribution in [-0.4, -0.2) is 42.5 Å². The lowest BCUT2D eigenvalue weighted by Crippen LogP contribution is -2.39. The summed E-state index contributed by atoms with van der Waals surface area (Å²) in [6.07, 6.45) is 2.81. The van der Waals surface area contributed by atoms with Gasteiger partial charge in [-0.15, -0.1) is 0 Å². The number of hydrogen-bond donors (Lipinski definition) is 3. The van der Waals surface area contributed by atoms with Crippen molar-refractivity contribution < 1.29 is 13.5 Å². The average molecular weight is 286 g/mol. The van der Waals surface area contributed by atoms with E-state index in [4.69, 9.17) is 10.9 Å². The third-order valence-corrected chi connectivity index (χ3v) is 5.29. The molecule has 0 atom stereocenters. The SMILES string of the molecule is NNc1ncccc1S(=O)(=O)N1CCC(CO)CC1. The highest BCUT2D eigenvalue weighted by atomic mass is 32.2.